The molecule has 114 valence electrons. The largest absolute Gasteiger partial charge is 0.384 e. The predicted octanol–water partition coefficient (Wildman–Crippen LogP) is 4.85. The van der Waals surface area contributed by atoms with E-state index in [0.29, 0.717) is 0 Å². The van der Waals surface area contributed by atoms with Crippen LogP contribution in [0.5, 0.6) is 0 Å². The molecule has 1 N–H and O–H groups in total. The van der Waals surface area contributed by atoms with Crippen molar-refractivity contribution in [2.24, 2.45) is 0 Å². The quantitative estimate of drug-likeness (QED) is 0.545. The van der Waals surface area contributed by atoms with Gasteiger partial charge in [0.05, 0.1) is 14.7 Å². The maximum Gasteiger partial charge on any atom is 0.0796 e. The molecule has 20 heavy (non-hydrogen) atoms. The lowest BCUT2D eigenvalue weighted by molar-refractivity contribution is 0.328. The van der Waals surface area contributed by atoms with Gasteiger partial charge in [-0.05, 0) is 44.8 Å². The number of rotatable bonds is 8. The average molecular weight is 313 g/mol. The van der Waals surface area contributed by atoms with Crippen LogP contribution in [0.1, 0.15) is 52.5 Å². The highest BCUT2D eigenvalue weighted by Crippen LogP contribution is 2.36. The lowest BCUT2D eigenvalue weighted by Gasteiger charge is -2.27. The minimum atomic E-state index is 0.0864. The van der Waals surface area contributed by atoms with Gasteiger partial charge in [-0.2, -0.15) is 0 Å². The zero-order valence-corrected chi connectivity index (χ0v) is 15.1. The van der Waals surface area contributed by atoms with E-state index >= 15 is 0 Å². The number of hydrogen-bond donors (Lipinski definition) is 1. The molecule has 1 rings (SSSR count). The Balaban J connectivity index is 2.39. The summed E-state index contributed by atoms with van der Waals surface area (Å²) in [6.45, 7) is 12.1. The maximum absolute atomic E-state index is 5.37. The van der Waals surface area contributed by atoms with Gasteiger partial charge in [0.25, 0.3) is 0 Å². The predicted molar refractivity (Wildman–Crippen MR) is 94.7 cm³/mol. The van der Waals surface area contributed by atoms with Gasteiger partial charge in [0, 0.05) is 12.1 Å². The number of anilines is 1. The van der Waals surface area contributed by atoms with Crippen molar-refractivity contribution in [3.63, 3.8) is 0 Å². The van der Waals surface area contributed by atoms with Crippen molar-refractivity contribution in [1.29, 1.82) is 0 Å². The molecule has 1 aromatic rings. The SMILES string of the molecule is CCCN(C)CCCCNc1c(C(C)(C)C)c(=S)c1=S. The Morgan fingerprint density at radius 3 is 2.25 bits per heavy atom. The molecule has 0 aliphatic carbocycles. The van der Waals surface area contributed by atoms with E-state index in [1.54, 1.807) is 0 Å². The van der Waals surface area contributed by atoms with Crippen LogP contribution >= 0.6 is 24.4 Å². The van der Waals surface area contributed by atoms with E-state index in [4.69, 9.17) is 24.4 Å². The Morgan fingerprint density at radius 2 is 1.70 bits per heavy atom. The summed E-state index contributed by atoms with van der Waals surface area (Å²) in [5.41, 5.74) is 2.45. The first kappa shape index (κ1) is 17.7. The minimum Gasteiger partial charge on any atom is -0.384 e. The van der Waals surface area contributed by atoms with Crippen LogP contribution in [0.2, 0.25) is 0 Å². The molecule has 0 unspecified atom stereocenters. The summed E-state index contributed by atoms with van der Waals surface area (Å²) >= 11 is 10.7. The minimum absolute atomic E-state index is 0.0864. The first-order chi connectivity index (χ1) is 9.29. The van der Waals surface area contributed by atoms with Crippen molar-refractivity contribution in [1.82, 2.24) is 4.90 Å². The molecule has 0 aromatic heterocycles. The molecule has 0 fully saturated rings. The molecule has 0 heterocycles. The third kappa shape index (κ3) is 4.61. The second-order valence-electron chi connectivity index (χ2n) is 6.60. The maximum atomic E-state index is 5.37. The van der Waals surface area contributed by atoms with E-state index in [2.05, 4.69) is 45.0 Å². The van der Waals surface area contributed by atoms with Crippen molar-refractivity contribution < 1.29 is 0 Å². The molecule has 1 aromatic carbocycles. The molecular formula is C16H28N2S2. The van der Waals surface area contributed by atoms with Crippen LogP contribution in [0.4, 0.5) is 5.69 Å². The third-order valence-electron chi connectivity index (χ3n) is 3.53. The van der Waals surface area contributed by atoms with Crippen molar-refractivity contribution in [3.05, 3.63) is 14.6 Å². The number of nitrogens with one attached hydrogen (secondary N) is 1. The lowest BCUT2D eigenvalue weighted by Crippen LogP contribution is -2.22. The van der Waals surface area contributed by atoms with E-state index in [1.165, 1.54) is 37.9 Å². The first-order valence-corrected chi connectivity index (χ1v) is 8.37. The van der Waals surface area contributed by atoms with Gasteiger partial charge in [-0.3, -0.25) is 0 Å². The van der Waals surface area contributed by atoms with Crippen LogP contribution in [-0.2, 0) is 5.41 Å². The fraction of sp³-hybridized carbons (Fsp3) is 0.750. The highest BCUT2D eigenvalue weighted by molar-refractivity contribution is 7.74. The van der Waals surface area contributed by atoms with Gasteiger partial charge >= 0.3 is 0 Å². The molecule has 0 saturated heterocycles. The van der Waals surface area contributed by atoms with E-state index in [-0.39, 0.29) is 5.41 Å². The Labute approximate surface area is 134 Å². The fourth-order valence-corrected chi connectivity index (χ4v) is 3.28. The van der Waals surface area contributed by atoms with Gasteiger partial charge in [-0.15, -0.1) is 0 Å². The smallest absolute Gasteiger partial charge is 0.0796 e. The van der Waals surface area contributed by atoms with Gasteiger partial charge in [0.2, 0.25) is 0 Å². The zero-order chi connectivity index (χ0) is 15.3. The van der Waals surface area contributed by atoms with Crippen LogP contribution in [-0.4, -0.2) is 31.6 Å². The first-order valence-electron chi connectivity index (χ1n) is 7.55. The standard InChI is InChI=1S/C16H28N2S2/c1-6-10-18(5)11-8-7-9-17-13-12(16(2,3)4)14(19)15(13)20/h17H,6-11H2,1-5H3. The Kier molecular flexibility index (Phi) is 6.76. The van der Waals surface area contributed by atoms with Gasteiger partial charge in [-0.25, -0.2) is 0 Å². The summed E-state index contributed by atoms with van der Waals surface area (Å²) in [6, 6.07) is 0. The summed E-state index contributed by atoms with van der Waals surface area (Å²) in [4.78, 5) is 2.39. The molecule has 0 atom stereocenters. The molecule has 0 spiro atoms. The van der Waals surface area contributed by atoms with E-state index in [1.807, 2.05) is 0 Å². The number of hydrogen-bond acceptors (Lipinski definition) is 4. The zero-order valence-electron chi connectivity index (χ0n) is 13.5. The van der Waals surface area contributed by atoms with Gasteiger partial charge in [0.15, 0.2) is 0 Å². The molecule has 0 aliphatic rings. The highest BCUT2D eigenvalue weighted by Gasteiger charge is 2.25. The van der Waals surface area contributed by atoms with Crippen LogP contribution in [0.25, 0.3) is 0 Å². The molecular weight excluding hydrogens is 284 g/mol. The average Bonchev–Trinajstić information content (AvgIpc) is 2.35. The Hall–Kier alpha value is -0.320. The monoisotopic (exact) mass is 312 g/mol. The molecule has 0 saturated carbocycles. The summed E-state index contributed by atoms with van der Waals surface area (Å²) in [5, 5.41) is 3.49. The number of unbranched alkanes of at least 4 members (excludes halogenated alkanes) is 1. The molecule has 0 radical (unpaired) electrons. The van der Waals surface area contributed by atoms with Crippen LogP contribution < -0.4 is 5.32 Å². The van der Waals surface area contributed by atoms with Crippen LogP contribution in [0.3, 0.4) is 0 Å². The Bertz CT molecular complexity index is 493. The van der Waals surface area contributed by atoms with Gasteiger partial charge < -0.3 is 10.2 Å². The van der Waals surface area contributed by atoms with Crippen molar-refractivity contribution in [2.45, 2.75) is 52.4 Å². The third-order valence-corrected chi connectivity index (χ3v) is 4.48. The Morgan fingerprint density at radius 1 is 1.05 bits per heavy atom. The molecule has 0 amide bonds. The van der Waals surface area contributed by atoms with Crippen molar-refractivity contribution in [3.8, 4) is 0 Å². The topological polar surface area (TPSA) is 15.3 Å². The van der Waals surface area contributed by atoms with E-state index in [0.717, 1.165) is 21.3 Å². The molecule has 4 heteroatoms. The lowest BCUT2D eigenvalue weighted by atomic mass is 9.83. The normalized spacial score (nSPS) is 12.3. The second kappa shape index (κ2) is 7.62. The molecule has 0 aliphatic heterocycles. The molecule has 0 bridgehead atoms. The van der Waals surface area contributed by atoms with Crippen LogP contribution in [0, 0.1) is 9.02 Å². The van der Waals surface area contributed by atoms with Gasteiger partial charge in [0.1, 0.15) is 0 Å². The van der Waals surface area contributed by atoms with E-state index in [9.17, 15) is 0 Å². The summed E-state index contributed by atoms with van der Waals surface area (Å²) in [7, 11) is 2.19. The van der Waals surface area contributed by atoms with Crippen LogP contribution in [0.15, 0.2) is 0 Å². The van der Waals surface area contributed by atoms with Gasteiger partial charge in [-0.1, -0.05) is 52.1 Å². The van der Waals surface area contributed by atoms with Crippen molar-refractivity contribution >= 4 is 30.1 Å². The summed E-state index contributed by atoms with van der Waals surface area (Å²) in [5.74, 6) is 0. The fourth-order valence-electron chi connectivity index (χ4n) is 2.49. The summed E-state index contributed by atoms with van der Waals surface area (Å²) < 4.78 is 1.74. The number of nitrogens with zero attached hydrogens (tertiary/aromatic N) is 1. The van der Waals surface area contributed by atoms with Crippen molar-refractivity contribution in [2.75, 3.05) is 32.0 Å². The highest BCUT2D eigenvalue weighted by atomic mass is 32.1. The molecule has 2 nitrogen and oxygen atoms in total. The van der Waals surface area contributed by atoms with E-state index < -0.39 is 0 Å². The summed E-state index contributed by atoms with van der Waals surface area (Å²) in [6.07, 6.45) is 3.62. The second-order valence-corrected chi connectivity index (χ2v) is 7.41.